The predicted octanol–water partition coefficient (Wildman–Crippen LogP) is 3.15. The van der Waals surface area contributed by atoms with E-state index in [-0.39, 0.29) is 25.3 Å². The molecule has 0 aliphatic rings. The third kappa shape index (κ3) is 5.91. The summed E-state index contributed by atoms with van der Waals surface area (Å²) in [5, 5.41) is 0. The molecule has 0 spiro atoms. The fraction of sp³-hybridized carbons (Fsp3) is 0.263. The number of halogens is 3. The highest BCUT2D eigenvalue weighted by atomic mass is 19.4. The van der Waals surface area contributed by atoms with E-state index in [2.05, 4.69) is 0 Å². The topological polar surface area (TPSA) is 63.4 Å². The van der Waals surface area contributed by atoms with Crippen molar-refractivity contribution in [2.24, 2.45) is 5.73 Å². The van der Waals surface area contributed by atoms with Gasteiger partial charge in [0.05, 0.1) is 12.0 Å². The number of hydrogen-bond donors (Lipinski definition) is 1. The second-order valence-electron chi connectivity index (χ2n) is 5.89. The van der Waals surface area contributed by atoms with Crippen LogP contribution in [-0.4, -0.2) is 23.3 Å². The summed E-state index contributed by atoms with van der Waals surface area (Å²) < 4.78 is 37.8. The van der Waals surface area contributed by atoms with E-state index in [4.69, 9.17) is 5.73 Å². The van der Waals surface area contributed by atoms with Crippen LogP contribution in [0.3, 0.4) is 0 Å². The first-order valence-corrected chi connectivity index (χ1v) is 8.02. The van der Waals surface area contributed by atoms with E-state index in [1.54, 1.807) is 0 Å². The van der Waals surface area contributed by atoms with Crippen molar-refractivity contribution >= 4 is 11.8 Å². The summed E-state index contributed by atoms with van der Waals surface area (Å²) in [4.78, 5) is 25.1. The lowest BCUT2D eigenvalue weighted by Crippen LogP contribution is -2.34. The van der Waals surface area contributed by atoms with Gasteiger partial charge in [0.1, 0.15) is 0 Å². The first-order chi connectivity index (χ1) is 12.3. The lowest BCUT2D eigenvalue weighted by atomic mass is 10.1. The quantitative estimate of drug-likeness (QED) is 0.820. The molecule has 0 heterocycles. The highest BCUT2D eigenvalue weighted by Crippen LogP contribution is 2.29. The fourth-order valence-electron chi connectivity index (χ4n) is 2.44. The Morgan fingerprint density at radius 3 is 2.08 bits per heavy atom. The predicted molar refractivity (Wildman–Crippen MR) is 90.8 cm³/mol. The van der Waals surface area contributed by atoms with Crippen LogP contribution in [0.25, 0.3) is 0 Å². The summed E-state index contributed by atoms with van der Waals surface area (Å²) in [5.74, 6) is -0.805. The van der Waals surface area contributed by atoms with Crippen molar-refractivity contribution in [3.63, 3.8) is 0 Å². The molecule has 0 fully saturated rings. The Bertz CT molecular complexity index is 744. The molecule has 0 aliphatic heterocycles. The molecule has 7 heteroatoms. The third-order valence-electron chi connectivity index (χ3n) is 3.83. The van der Waals surface area contributed by atoms with Crippen LogP contribution in [-0.2, 0) is 28.7 Å². The molecule has 0 atom stereocenters. The van der Waals surface area contributed by atoms with Gasteiger partial charge in [0.25, 0.3) is 0 Å². The van der Waals surface area contributed by atoms with Crippen LogP contribution in [0.2, 0.25) is 0 Å². The van der Waals surface area contributed by atoms with Gasteiger partial charge in [0.2, 0.25) is 11.8 Å². The first-order valence-electron chi connectivity index (χ1n) is 8.02. The summed E-state index contributed by atoms with van der Waals surface area (Å²) in [5.41, 5.74) is 5.76. The largest absolute Gasteiger partial charge is 0.416 e. The van der Waals surface area contributed by atoms with Crippen molar-refractivity contribution in [3.05, 3.63) is 71.3 Å². The molecule has 26 heavy (non-hydrogen) atoms. The van der Waals surface area contributed by atoms with E-state index in [0.717, 1.165) is 17.7 Å². The zero-order chi connectivity index (χ0) is 19.2. The smallest absolute Gasteiger partial charge is 0.370 e. The Hall–Kier alpha value is -2.83. The number of alkyl halides is 3. The van der Waals surface area contributed by atoms with E-state index >= 15 is 0 Å². The van der Waals surface area contributed by atoms with E-state index in [1.807, 2.05) is 30.3 Å². The molecule has 0 saturated carbocycles. The van der Waals surface area contributed by atoms with E-state index in [9.17, 15) is 22.8 Å². The number of carbonyl (C=O) groups is 2. The number of rotatable bonds is 7. The molecule has 2 amide bonds. The van der Waals surface area contributed by atoms with Crippen molar-refractivity contribution in [3.8, 4) is 0 Å². The molecule has 2 aromatic rings. The Labute approximate surface area is 149 Å². The second-order valence-corrected chi connectivity index (χ2v) is 5.89. The number of primary amides is 1. The second kappa shape index (κ2) is 8.51. The molecular weight excluding hydrogens is 345 g/mol. The molecule has 0 aromatic heterocycles. The molecule has 0 bridgehead atoms. The zero-order valence-electron chi connectivity index (χ0n) is 14.0. The molecule has 2 rings (SSSR count). The monoisotopic (exact) mass is 364 g/mol. The number of nitrogens with two attached hydrogens (primary N) is 1. The van der Waals surface area contributed by atoms with Gasteiger partial charge in [-0.05, 0) is 23.3 Å². The number of nitrogens with zero attached hydrogens (tertiary/aromatic N) is 1. The van der Waals surface area contributed by atoms with Crippen LogP contribution >= 0.6 is 0 Å². The van der Waals surface area contributed by atoms with Gasteiger partial charge in [-0.25, -0.2) is 0 Å². The summed E-state index contributed by atoms with van der Waals surface area (Å²) in [6.45, 7) is 0.456. The number of carbonyl (C=O) groups excluding carboxylic acids is 2. The fourth-order valence-corrected chi connectivity index (χ4v) is 2.44. The van der Waals surface area contributed by atoms with Gasteiger partial charge in [-0.15, -0.1) is 0 Å². The number of hydrogen-bond acceptors (Lipinski definition) is 2. The van der Waals surface area contributed by atoms with Gasteiger partial charge < -0.3 is 10.6 Å². The van der Waals surface area contributed by atoms with Crippen LogP contribution < -0.4 is 5.73 Å². The van der Waals surface area contributed by atoms with Gasteiger partial charge in [0.15, 0.2) is 0 Å². The molecular formula is C19H19F3N2O2. The average Bonchev–Trinajstić information content (AvgIpc) is 2.59. The van der Waals surface area contributed by atoms with Crippen molar-refractivity contribution in [2.75, 3.05) is 6.54 Å². The van der Waals surface area contributed by atoms with E-state index < -0.39 is 17.6 Å². The van der Waals surface area contributed by atoms with Gasteiger partial charge >= 0.3 is 6.18 Å². The maximum atomic E-state index is 12.6. The number of amides is 2. The summed E-state index contributed by atoms with van der Waals surface area (Å²) in [6.07, 6.45) is -4.45. The molecule has 2 N–H and O–H groups in total. The first kappa shape index (κ1) is 19.5. The van der Waals surface area contributed by atoms with Crippen LogP contribution in [0.4, 0.5) is 13.2 Å². The Morgan fingerprint density at radius 1 is 0.923 bits per heavy atom. The van der Waals surface area contributed by atoms with Gasteiger partial charge in [-0.3, -0.25) is 9.59 Å². The lowest BCUT2D eigenvalue weighted by Gasteiger charge is -2.22. The van der Waals surface area contributed by atoms with Crippen LogP contribution in [0.5, 0.6) is 0 Å². The number of benzene rings is 2. The molecule has 0 unspecified atom stereocenters. The SMILES string of the molecule is NC(=O)CCN(Cc1ccccc1)C(=O)Cc1ccc(C(F)(F)F)cc1. The minimum Gasteiger partial charge on any atom is -0.370 e. The van der Waals surface area contributed by atoms with Crippen molar-refractivity contribution in [1.29, 1.82) is 0 Å². The summed E-state index contributed by atoms with van der Waals surface area (Å²) in [6, 6.07) is 13.7. The minimum atomic E-state index is -4.41. The van der Waals surface area contributed by atoms with Crippen molar-refractivity contribution in [2.45, 2.75) is 25.6 Å². The molecule has 0 saturated heterocycles. The molecule has 0 radical (unpaired) electrons. The molecule has 0 aliphatic carbocycles. The summed E-state index contributed by atoms with van der Waals surface area (Å²) in [7, 11) is 0. The highest BCUT2D eigenvalue weighted by molar-refractivity contribution is 5.80. The third-order valence-corrected chi connectivity index (χ3v) is 3.83. The Morgan fingerprint density at radius 2 is 1.54 bits per heavy atom. The zero-order valence-corrected chi connectivity index (χ0v) is 14.0. The standard InChI is InChI=1S/C19H19F3N2O2/c20-19(21,22)16-8-6-14(7-9-16)12-18(26)24(11-10-17(23)25)13-15-4-2-1-3-5-15/h1-9H,10-13H2,(H2,23,25). The van der Waals surface area contributed by atoms with Crippen LogP contribution in [0, 0.1) is 0 Å². The maximum Gasteiger partial charge on any atom is 0.416 e. The minimum absolute atomic E-state index is 0.0194. The Balaban J connectivity index is 2.08. The molecule has 2 aromatic carbocycles. The van der Waals surface area contributed by atoms with Crippen molar-refractivity contribution in [1.82, 2.24) is 4.90 Å². The van der Waals surface area contributed by atoms with Crippen molar-refractivity contribution < 1.29 is 22.8 Å². The lowest BCUT2D eigenvalue weighted by molar-refractivity contribution is -0.137. The maximum absolute atomic E-state index is 12.6. The van der Waals surface area contributed by atoms with Crippen LogP contribution in [0.1, 0.15) is 23.1 Å². The van der Waals surface area contributed by atoms with Gasteiger partial charge in [-0.1, -0.05) is 42.5 Å². The molecule has 4 nitrogen and oxygen atoms in total. The summed E-state index contributed by atoms with van der Waals surface area (Å²) >= 11 is 0. The highest BCUT2D eigenvalue weighted by Gasteiger charge is 2.30. The van der Waals surface area contributed by atoms with E-state index in [0.29, 0.717) is 12.1 Å². The molecule has 138 valence electrons. The Kier molecular flexibility index (Phi) is 6.38. The van der Waals surface area contributed by atoms with E-state index in [1.165, 1.54) is 17.0 Å². The van der Waals surface area contributed by atoms with Crippen LogP contribution in [0.15, 0.2) is 54.6 Å². The van der Waals surface area contributed by atoms with Gasteiger partial charge in [0, 0.05) is 19.5 Å². The van der Waals surface area contributed by atoms with Gasteiger partial charge in [-0.2, -0.15) is 13.2 Å². The average molecular weight is 364 g/mol. The normalized spacial score (nSPS) is 11.2.